The van der Waals surface area contributed by atoms with Crippen LogP contribution in [0.4, 0.5) is 0 Å². The van der Waals surface area contributed by atoms with Gasteiger partial charge in [0.25, 0.3) is 0 Å². The highest BCUT2D eigenvalue weighted by atomic mass is 14.8. The molecule has 1 aliphatic rings. The topological polar surface area (TPSA) is 26.0 Å². The van der Waals surface area contributed by atoms with Crippen molar-refractivity contribution >= 4 is 0 Å². The number of aryl methyl sites for hydroxylation is 1. The Balaban J connectivity index is 2.50. The predicted molar refractivity (Wildman–Crippen MR) is 60.1 cm³/mol. The van der Waals surface area contributed by atoms with Gasteiger partial charge >= 0.3 is 0 Å². The van der Waals surface area contributed by atoms with Crippen molar-refractivity contribution in [3.8, 4) is 0 Å². The quantitative estimate of drug-likeness (QED) is 0.722. The molecule has 76 valence electrons. The first-order chi connectivity index (χ1) is 6.64. The van der Waals surface area contributed by atoms with Crippen LogP contribution < -0.4 is 5.73 Å². The minimum atomic E-state index is -0.0884. The van der Waals surface area contributed by atoms with E-state index < -0.39 is 0 Å². The van der Waals surface area contributed by atoms with E-state index in [9.17, 15) is 0 Å². The Morgan fingerprint density at radius 1 is 1.29 bits per heavy atom. The number of hydrogen-bond donors (Lipinski definition) is 1. The zero-order valence-electron chi connectivity index (χ0n) is 9.09. The van der Waals surface area contributed by atoms with E-state index in [4.69, 9.17) is 5.73 Å². The van der Waals surface area contributed by atoms with Gasteiger partial charge in [-0.05, 0) is 36.3 Å². The number of benzene rings is 1. The highest BCUT2D eigenvalue weighted by Crippen LogP contribution is 2.38. The zero-order valence-corrected chi connectivity index (χ0v) is 9.09. The summed E-state index contributed by atoms with van der Waals surface area (Å²) in [6.07, 6.45) is 3.55. The summed E-state index contributed by atoms with van der Waals surface area (Å²) in [6.45, 7) is 4.45. The van der Waals surface area contributed by atoms with E-state index in [2.05, 4.69) is 38.1 Å². The van der Waals surface area contributed by atoms with E-state index >= 15 is 0 Å². The van der Waals surface area contributed by atoms with Crippen molar-refractivity contribution in [1.82, 2.24) is 0 Å². The Kier molecular flexibility index (Phi) is 2.36. The van der Waals surface area contributed by atoms with Gasteiger partial charge in [-0.1, -0.05) is 38.1 Å². The Labute approximate surface area is 86.3 Å². The van der Waals surface area contributed by atoms with Gasteiger partial charge < -0.3 is 5.73 Å². The molecule has 0 bridgehead atoms. The molecule has 0 saturated carbocycles. The van der Waals surface area contributed by atoms with E-state index in [1.165, 1.54) is 24.0 Å². The summed E-state index contributed by atoms with van der Waals surface area (Å²) in [7, 11) is 0. The summed E-state index contributed by atoms with van der Waals surface area (Å²) in [4.78, 5) is 0. The summed E-state index contributed by atoms with van der Waals surface area (Å²) >= 11 is 0. The van der Waals surface area contributed by atoms with Gasteiger partial charge in [0.1, 0.15) is 0 Å². The summed E-state index contributed by atoms with van der Waals surface area (Å²) in [5.41, 5.74) is 9.25. The van der Waals surface area contributed by atoms with Gasteiger partial charge in [-0.3, -0.25) is 0 Å². The van der Waals surface area contributed by atoms with Crippen LogP contribution >= 0.6 is 0 Å². The largest absolute Gasteiger partial charge is 0.321 e. The van der Waals surface area contributed by atoms with Crippen molar-refractivity contribution in [2.75, 3.05) is 0 Å². The van der Waals surface area contributed by atoms with Crippen LogP contribution in [0.1, 0.15) is 37.8 Å². The van der Waals surface area contributed by atoms with Gasteiger partial charge in [-0.25, -0.2) is 0 Å². The SMILES string of the molecule is CC(C)C1(N)CCCc2ccccc21. The molecule has 0 saturated heterocycles. The maximum Gasteiger partial charge on any atom is 0.0435 e. The van der Waals surface area contributed by atoms with Crippen LogP contribution in [0.3, 0.4) is 0 Å². The zero-order chi connectivity index (χ0) is 10.2. The highest BCUT2D eigenvalue weighted by molar-refractivity contribution is 5.36. The number of fused-ring (bicyclic) bond motifs is 1. The first kappa shape index (κ1) is 9.72. The monoisotopic (exact) mass is 189 g/mol. The molecular weight excluding hydrogens is 170 g/mol. The second-order valence-corrected chi connectivity index (χ2v) is 4.71. The van der Waals surface area contributed by atoms with Crippen molar-refractivity contribution in [2.24, 2.45) is 11.7 Å². The summed E-state index contributed by atoms with van der Waals surface area (Å²) in [6, 6.07) is 8.64. The first-order valence-electron chi connectivity index (χ1n) is 5.52. The molecule has 0 aromatic heterocycles. The Bertz CT molecular complexity index is 330. The lowest BCUT2D eigenvalue weighted by atomic mass is 9.71. The van der Waals surface area contributed by atoms with Gasteiger partial charge in [-0.15, -0.1) is 0 Å². The lowest BCUT2D eigenvalue weighted by Gasteiger charge is -2.39. The molecule has 1 atom stereocenters. The molecule has 2 N–H and O–H groups in total. The average molecular weight is 189 g/mol. The molecule has 1 aromatic carbocycles. The molecule has 0 spiro atoms. The van der Waals surface area contributed by atoms with Crippen molar-refractivity contribution in [3.05, 3.63) is 35.4 Å². The van der Waals surface area contributed by atoms with Crippen molar-refractivity contribution < 1.29 is 0 Å². The van der Waals surface area contributed by atoms with Gasteiger partial charge in [0.05, 0.1) is 0 Å². The van der Waals surface area contributed by atoms with Gasteiger partial charge in [0.2, 0.25) is 0 Å². The molecule has 0 fully saturated rings. The molecule has 1 aliphatic carbocycles. The molecule has 1 heteroatoms. The van der Waals surface area contributed by atoms with Crippen molar-refractivity contribution in [2.45, 2.75) is 38.6 Å². The van der Waals surface area contributed by atoms with Crippen LogP contribution in [0.15, 0.2) is 24.3 Å². The molecule has 2 rings (SSSR count). The van der Waals surface area contributed by atoms with Crippen LogP contribution in [-0.2, 0) is 12.0 Å². The minimum Gasteiger partial charge on any atom is -0.321 e. The molecule has 14 heavy (non-hydrogen) atoms. The lowest BCUT2D eigenvalue weighted by molar-refractivity contribution is 0.272. The molecule has 1 nitrogen and oxygen atoms in total. The van der Waals surface area contributed by atoms with Gasteiger partial charge in [0, 0.05) is 5.54 Å². The smallest absolute Gasteiger partial charge is 0.0435 e. The van der Waals surface area contributed by atoms with Gasteiger partial charge in [0.15, 0.2) is 0 Å². The molecular formula is C13H19N. The second kappa shape index (κ2) is 3.39. The van der Waals surface area contributed by atoms with Crippen molar-refractivity contribution in [3.63, 3.8) is 0 Å². The Morgan fingerprint density at radius 2 is 2.00 bits per heavy atom. The number of nitrogens with two attached hydrogens (primary N) is 1. The standard InChI is InChI=1S/C13H19N/c1-10(2)13(14)9-5-7-11-6-3-4-8-12(11)13/h3-4,6,8,10H,5,7,9,14H2,1-2H3. The van der Waals surface area contributed by atoms with Crippen LogP contribution in [0.2, 0.25) is 0 Å². The molecule has 0 radical (unpaired) electrons. The summed E-state index contributed by atoms with van der Waals surface area (Å²) in [5, 5.41) is 0. The fourth-order valence-corrected chi connectivity index (χ4v) is 2.50. The third-order valence-electron chi connectivity index (χ3n) is 3.59. The Hall–Kier alpha value is -0.820. The molecule has 1 aromatic rings. The third kappa shape index (κ3) is 1.36. The maximum atomic E-state index is 6.51. The average Bonchev–Trinajstić information content (AvgIpc) is 2.18. The highest BCUT2D eigenvalue weighted by Gasteiger charge is 2.34. The summed E-state index contributed by atoms with van der Waals surface area (Å²) in [5.74, 6) is 0.518. The molecule has 0 amide bonds. The minimum absolute atomic E-state index is 0.0884. The number of hydrogen-bond acceptors (Lipinski definition) is 1. The van der Waals surface area contributed by atoms with Crippen LogP contribution in [0.25, 0.3) is 0 Å². The van der Waals surface area contributed by atoms with E-state index in [1.807, 2.05) is 0 Å². The fraction of sp³-hybridized carbons (Fsp3) is 0.538. The summed E-state index contributed by atoms with van der Waals surface area (Å²) < 4.78 is 0. The van der Waals surface area contributed by atoms with Crippen LogP contribution in [-0.4, -0.2) is 0 Å². The van der Waals surface area contributed by atoms with E-state index in [-0.39, 0.29) is 5.54 Å². The third-order valence-corrected chi connectivity index (χ3v) is 3.59. The van der Waals surface area contributed by atoms with E-state index in [0.29, 0.717) is 5.92 Å². The number of rotatable bonds is 1. The van der Waals surface area contributed by atoms with E-state index in [1.54, 1.807) is 0 Å². The maximum absolute atomic E-state index is 6.51. The molecule has 0 aliphatic heterocycles. The van der Waals surface area contributed by atoms with Crippen LogP contribution in [0, 0.1) is 5.92 Å². The fourth-order valence-electron chi connectivity index (χ4n) is 2.50. The second-order valence-electron chi connectivity index (χ2n) is 4.71. The first-order valence-corrected chi connectivity index (χ1v) is 5.52. The predicted octanol–water partition coefficient (Wildman–Crippen LogP) is 2.83. The van der Waals surface area contributed by atoms with Crippen molar-refractivity contribution in [1.29, 1.82) is 0 Å². The van der Waals surface area contributed by atoms with Gasteiger partial charge in [-0.2, -0.15) is 0 Å². The Morgan fingerprint density at radius 3 is 2.71 bits per heavy atom. The molecule has 1 unspecified atom stereocenters. The molecule has 0 heterocycles. The normalized spacial score (nSPS) is 26.3. The van der Waals surface area contributed by atoms with Crippen LogP contribution in [0.5, 0.6) is 0 Å². The van der Waals surface area contributed by atoms with E-state index in [0.717, 1.165) is 6.42 Å². The lowest BCUT2D eigenvalue weighted by Crippen LogP contribution is -2.44.